The number of nitrogen functional groups attached to an aromatic ring is 1. The third kappa shape index (κ3) is 2.16. The molecule has 0 saturated carbocycles. The second kappa shape index (κ2) is 4.26. The van der Waals surface area contributed by atoms with Crippen LogP contribution in [0.3, 0.4) is 0 Å². The van der Waals surface area contributed by atoms with Crippen molar-refractivity contribution < 1.29 is 0 Å². The van der Waals surface area contributed by atoms with Crippen molar-refractivity contribution in [1.29, 1.82) is 0 Å². The Bertz CT molecular complexity index is 488. The van der Waals surface area contributed by atoms with Crippen LogP contribution >= 0.6 is 0 Å². The van der Waals surface area contributed by atoms with E-state index in [0.717, 1.165) is 17.9 Å². The Morgan fingerprint density at radius 1 is 1.44 bits per heavy atom. The number of aromatic amines is 1. The van der Waals surface area contributed by atoms with Crippen LogP contribution in [0.15, 0.2) is 24.3 Å². The van der Waals surface area contributed by atoms with Gasteiger partial charge in [0, 0.05) is 5.69 Å². The van der Waals surface area contributed by atoms with Crippen molar-refractivity contribution >= 4 is 17.3 Å². The van der Waals surface area contributed by atoms with Gasteiger partial charge in [0.15, 0.2) is 5.82 Å². The first-order valence-corrected chi connectivity index (χ1v) is 5.37. The predicted octanol–water partition coefficient (Wildman–Crippen LogP) is 2.61. The fraction of sp³-hybridized carbons (Fsp3) is 0.250. The van der Waals surface area contributed by atoms with E-state index in [4.69, 9.17) is 5.73 Å². The maximum atomic E-state index is 5.78. The van der Waals surface area contributed by atoms with E-state index in [1.807, 2.05) is 19.1 Å². The molecule has 2 rings (SSSR count). The number of aryl methyl sites for hydroxylation is 2. The minimum atomic E-state index is 0.569. The summed E-state index contributed by atoms with van der Waals surface area (Å²) in [6.45, 7) is 4.01. The third-order valence-corrected chi connectivity index (χ3v) is 2.45. The van der Waals surface area contributed by atoms with E-state index in [2.05, 4.69) is 34.3 Å². The molecule has 4 nitrogen and oxygen atoms in total. The molecule has 0 fully saturated rings. The molecule has 0 aliphatic heterocycles. The number of nitrogens with two attached hydrogens (primary N) is 1. The first-order chi connectivity index (χ1) is 7.69. The molecule has 0 aliphatic carbocycles. The fourth-order valence-electron chi connectivity index (χ4n) is 1.61. The molecule has 0 saturated heterocycles. The average Bonchev–Trinajstić information content (AvgIpc) is 2.58. The van der Waals surface area contributed by atoms with E-state index < -0.39 is 0 Å². The van der Waals surface area contributed by atoms with Gasteiger partial charge in [0.2, 0.25) is 0 Å². The van der Waals surface area contributed by atoms with Gasteiger partial charge in [-0.2, -0.15) is 0 Å². The zero-order valence-electron chi connectivity index (χ0n) is 9.54. The highest BCUT2D eigenvalue weighted by molar-refractivity contribution is 5.66. The predicted molar refractivity (Wildman–Crippen MR) is 66.8 cm³/mol. The van der Waals surface area contributed by atoms with Gasteiger partial charge in [-0.05, 0) is 31.0 Å². The molecule has 4 heteroatoms. The lowest BCUT2D eigenvalue weighted by molar-refractivity contribution is 1.14. The van der Waals surface area contributed by atoms with Crippen molar-refractivity contribution in [2.45, 2.75) is 20.3 Å². The van der Waals surface area contributed by atoms with Crippen LogP contribution in [0.25, 0.3) is 0 Å². The lowest BCUT2D eigenvalue weighted by Gasteiger charge is -2.05. The maximum Gasteiger partial charge on any atom is 0.173 e. The van der Waals surface area contributed by atoms with Crippen LogP contribution in [-0.4, -0.2) is 9.97 Å². The number of imidazole rings is 1. The summed E-state index contributed by atoms with van der Waals surface area (Å²) >= 11 is 0. The maximum absolute atomic E-state index is 5.78. The molecular weight excluding hydrogens is 200 g/mol. The highest BCUT2D eigenvalue weighted by Gasteiger charge is 2.04. The molecule has 0 radical (unpaired) electrons. The van der Waals surface area contributed by atoms with Crippen molar-refractivity contribution in [1.82, 2.24) is 9.97 Å². The molecule has 0 aliphatic rings. The molecule has 0 unspecified atom stereocenters. The van der Waals surface area contributed by atoms with E-state index in [0.29, 0.717) is 11.6 Å². The zero-order valence-corrected chi connectivity index (χ0v) is 9.54. The lowest BCUT2D eigenvalue weighted by Crippen LogP contribution is -1.95. The number of aromatic nitrogens is 2. The highest BCUT2D eigenvalue weighted by atomic mass is 15.1. The topological polar surface area (TPSA) is 66.7 Å². The van der Waals surface area contributed by atoms with Crippen LogP contribution in [0.4, 0.5) is 17.3 Å². The molecule has 0 bridgehead atoms. The number of hydrogen-bond donors (Lipinski definition) is 3. The Balaban J connectivity index is 2.23. The molecular formula is C12H16N4. The normalized spacial score (nSPS) is 10.4. The van der Waals surface area contributed by atoms with Gasteiger partial charge >= 0.3 is 0 Å². The van der Waals surface area contributed by atoms with E-state index in [9.17, 15) is 0 Å². The van der Waals surface area contributed by atoms with E-state index in [1.165, 1.54) is 5.56 Å². The molecule has 16 heavy (non-hydrogen) atoms. The van der Waals surface area contributed by atoms with Crippen molar-refractivity contribution in [2.24, 2.45) is 0 Å². The number of hydrogen-bond acceptors (Lipinski definition) is 3. The van der Waals surface area contributed by atoms with Gasteiger partial charge in [-0.1, -0.05) is 19.1 Å². The van der Waals surface area contributed by atoms with Crippen LogP contribution in [0.2, 0.25) is 0 Å². The van der Waals surface area contributed by atoms with Crippen LogP contribution in [0.1, 0.15) is 18.3 Å². The number of anilines is 3. The van der Waals surface area contributed by atoms with Crippen LogP contribution < -0.4 is 11.1 Å². The number of rotatable bonds is 3. The van der Waals surface area contributed by atoms with Crippen LogP contribution in [0, 0.1) is 6.92 Å². The summed E-state index contributed by atoms with van der Waals surface area (Å²) in [4.78, 5) is 7.23. The fourth-order valence-corrected chi connectivity index (χ4v) is 1.61. The minimum absolute atomic E-state index is 0.569. The first kappa shape index (κ1) is 10.5. The smallest absolute Gasteiger partial charge is 0.173 e. The zero-order chi connectivity index (χ0) is 11.5. The minimum Gasteiger partial charge on any atom is -0.382 e. The summed E-state index contributed by atoms with van der Waals surface area (Å²) < 4.78 is 0. The van der Waals surface area contributed by atoms with Gasteiger partial charge in [-0.25, -0.2) is 4.98 Å². The highest BCUT2D eigenvalue weighted by Crippen LogP contribution is 2.21. The number of H-pyrrole nitrogens is 1. The van der Waals surface area contributed by atoms with Gasteiger partial charge in [-0.15, -0.1) is 0 Å². The summed E-state index contributed by atoms with van der Waals surface area (Å²) in [7, 11) is 0. The van der Waals surface area contributed by atoms with Gasteiger partial charge in [0.05, 0.1) is 0 Å². The molecule has 1 heterocycles. The molecule has 1 aromatic carbocycles. The number of benzene rings is 1. The van der Waals surface area contributed by atoms with Crippen molar-refractivity contribution in [3.8, 4) is 0 Å². The Morgan fingerprint density at radius 3 is 2.88 bits per heavy atom. The molecule has 0 amide bonds. The number of nitrogens with zero attached hydrogens (tertiary/aromatic N) is 1. The summed E-state index contributed by atoms with van der Waals surface area (Å²) in [5.74, 6) is 2.07. The van der Waals surface area contributed by atoms with Crippen molar-refractivity contribution in [3.63, 3.8) is 0 Å². The summed E-state index contributed by atoms with van der Waals surface area (Å²) in [6.07, 6.45) is 1.02. The van der Waals surface area contributed by atoms with Gasteiger partial charge in [0.1, 0.15) is 11.6 Å². The molecule has 1 aromatic heterocycles. The quantitative estimate of drug-likeness (QED) is 0.738. The van der Waals surface area contributed by atoms with Crippen molar-refractivity contribution in [2.75, 3.05) is 11.1 Å². The summed E-state index contributed by atoms with van der Waals surface area (Å²) in [5.41, 5.74) is 8.08. The Labute approximate surface area is 94.9 Å². The van der Waals surface area contributed by atoms with E-state index in [1.54, 1.807) is 0 Å². The Kier molecular flexibility index (Phi) is 2.81. The largest absolute Gasteiger partial charge is 0.382 e. The van der Waals surface area contributed by atoms with Gasteiger partial charge in [-0.3, -0.25) is 0 Å². The molecule has 4 N–H and O–H groups in total. The van der Waals surface area contributed by atoms with Gasteiger partial charge in [0.25, 0.3) is 0 Å². The number of nitrogens with one attached hydrogen (secondary N) is 2. The SMILES string of the molecule is CCc1cccc(Nc2nc(C)[nH]c2N)c1. The Morgan fingerprint density at radius 2 is 2.25 bits per heavy atom. The molecule has 0 atom stereocenters. The summed E-state index contributed by atoms with van der Waals surface area (Å²) in [6, 6.07) is 8.23. The summed E-state index contributed by atoms with van der Waals surface area (Å²) in [5, 5.41) is 3.20. The second-order valence-corrected chi connectivity index (χ2v) is 3.76. The average molecular weight is 216 g/mol. The second-order valence-electron chi connectivity index (χ2n) is 3.76. The van der Waals surface area contributed by atoms with Crippen LogP contribution in [0.5, 0.6) is 0 Å². The monoisotopic (exact) mass is 216 g/mol. The van der Waals surface area contributed by atoms with E-state index >= 15 is 0 Å². The Hall–Kier alpha value is -1.97. The standard InChI is InChI=1S/C12H16N4/c1-3-9-5-4-6-10(7-9)16-12-11(13)14-8(2)15-12/h4-7,16H,3,13H2,1-2H3,(H,14,15). The molecule has 84 valence electrons. The van der Waals surface area contributed by atoms with Gasteiger partial charge < -0.3 is 16.0 Å². The third-order valence-electron chi connectivity index (χ3n) is 2.45. The van der Waals surface area contributed by atoms with E-state index in [-0.39, 0.29) is 0 Å². The first-order valence-electron chi connectivity index (χ1n) is 5.37. The van der Waals surface area contributed by atoms with Crippen molar-refractivity contribution in [3.05, 3.63) is 35.7 Å². The lowest BCUT2D eigenvalue weighted by atomic mass is 10.1. The van der Waals surface area contributed by atoms with Crippen LogP contribution in [-0.2, 0) is 6.42 Å². The molecule has 2 aromatic rings. The molecule has 0 spiro atoms.